The van der Waals surface area contributed by atoms with E-state index in [1.54, 1.807) is 0 Å². The fraction of sp³-hybridized carbons (Fsp3) is 0.500. The number of carbonyl (C=O) groups excluding carboxylic acids is 2. The largest absolute Gasteiger partial charge is 0.452 e. The van der Waals surface area contributed by atoms with Crippen LogP contribution in [-0.4, -0.2) is 31.1 Å². The molecule has 2 amide bonds. The third-order valence-electron chi connectivity index (χ3n) is 3.34. The first-order valence-electron chi connectivity index (χ1n) is 6.89. The number of ether oxygens (including phenoxy) is 1. The summed E-state index contributed by atoms with van der Waals surface area (Å²) in [6.07, 6.45) is 1.30. The van der Waals surface area contributed by atoms with Crippen LogP contribution in [0.2, 0.25) is 0 Å². The SMILES string of the molecule is COC(=O)N(C)C(=O)CCCc1ccccc1C(C)C. The van der Waals surface area contributed by atoms with Gasteiger partial charge in [-0.05, 0) is 29.9 Å². The minimum atomic E-state index is -0.613. The van der Waals surface area contributed by atoms with Crippen molar-refractivity contribution < 1.29 is 14.3 Å². The van der Waals surface area contributed by atoms with Crippen molar-refractivity contribution in [3.05, 3.63) is 35.4 Å². The fourth-order valence-corrected chi connectivity index (χ4v) is 2.16. The Morgan fingerprint density at radius 2 is 1.90 bits per heavy atom. The molecule has 0 heterocycles. The molecule has 0 bridgehead atoms. The van der Waals surface area contributed by atoms with E-state index in [0.29, 0.717) is 12.3 Å². The molecular formula is C16H23NO3. The second-order valence-corrected chi connectivity index (χ2v) is 5.13. The maximum Gasteiger partial charge on any atom is 0.415 e. The van der Waals surface area contributed by atoms with E-state index in [-0.39, 0.29) is 5.91 Å². The monoisotopic (exact) mass is 277 g/mol. The van der Waals surface area contributed by atoms with Crippen molar-refractivity contribution in [2.45, 2.75) is 39.0 Å². The molecule has 0 atom stereocenters. The molecule has 1 aromatic carbocycles. The predicted molar refractivity (Wildman–Crippen MR) is 78.6 cm³/mol. The van der Waals surface area contributed by atoms with Gasteiger partial charge in [-0.1, -0.05) is 38.1 Å². The van der Waals surface area contributed by atoms with Crippen LogP contribution in [0.25, 0.3) is 0 Å². The molecule has 0 aliphatic carbocycles. The van der Waals surface area contributed by atoms with Gasteiger partial charge in [-0.3, -0.25) is 9.69 Å². The lowest BCUT2D eigenvalue weighted by atomic mass is 9.94. The van der Waals surface area contributed by atoms with E-state index in [1.165, 1.54) is 25.3 Å². The molecule has 4 heteroatoms. The molecule has 0 aliphatic heterocycles. The van der Waals surface area contributed by atoms with Crippen LogP contribution >= 0.6 is 0 Å². The number of rotatable bonds is 5. The van der Waals surface area contributed by atoms with Gasteiger partial charge in [0.1, 0.15) is 0 Å². The standard InChI is InChI=1S/C16H23NO3/c1-12(2)14-10-6-5-8-13(14)9-7-11-15(18)17(3)16(19)20-4/h5-6,8,10,12H,7,9,11H2,1-4H3. The zero-order chi connectivity index (χ0) is 15.1. The van der Waals surface area contributed by atoms with Crippen LogP contribution < -0.4 is 0 Å². The summed E-state index contributed by atoms with van der Waals surface area (Å²) in [5.74, 6) is 0.263. The van der Waals surface area contributed by atoms with Crippen molar-refractivity contribution >= 4 is 12.0 Å². The summed E-state index contributed by atoms with van der Waals surface area (Å²) in [6, 6.07) is 8.28. The molecule has 0 aromatic heterocycles. The molecule has 0 radical (unpaired) electrons. The molecule has 0 fully saturated rings. The van der Waals surface area contributed by atoms with Crippen LogP contribution in [0.15, 0.2) is 24.3 Å². The van der Waals surface area contributed by atoms with E-state index < -0.39 is 6.09 Å². The molecule has 1 aromatic rings. The summed E-state index contributed by atoms with van der Waals surface area (Å²) in [6.45, 7) is 4.32. The van der Waals surface area contributed by atoms with Crippen LogP contribution in [0.1, 0.15) is 43.7 Å². The van der Waals surface area contributed by atoms with E-state index in [2.05, 4.69) is 30.7 Å². The molecule has 0 saturated heterocycles. The molecule has 0 N–H and O–H groups in total. The number of carbonyl (C=O) groups is 2. The predicted octanol–water partition coefficient (Wildman–Crippen LogP) is 3.36. The Kier molecular flexibility index (Phi) is 6.22. The van der Waals surface area contributed by atoms with Gasteiger partial charge in [0.2, 0.25) is 5.91 Å². The van der Waals surface area contributed by atoms with Crippen molar-refractivity contribution in [1.29, 1.82) is 0 Å². The van der Waals surface area contributed by atoms with Crippen LogP contribution in [-0.2, 0) is 16.0 Å². The maximum atomic E-state index is 11.8. The third-order valence-corrected chi connectivity index (χ3v) is 3.34. The molecule has 0 saturated carbocycles. The summed E-state index contributed by atoms with van der Waals surface area (Å²) < 4.78 is 4.51. The van der Waals surface area contributed by atoms with Gasteiger partial charge in [0.05, 0.1) is 7.11 Å². The van der Waals surface area contributed by atoms with Gasteiger partial charge < -0.3 is 4.74 Å². The van der Waals surface area contributed by atoms with Gasteiger partial charge >= 0.3 is 6.09 Å². The van der Waals surface area contributed by atoms with E-state index in [4.69, 9.17) is 0 Å². The van der Waals surface area contributed by atoms with Gasteiger partial charge in [-0.15, -0.1) is 0 Å². The third kappa shape index (κ3) is 4.37. The van der Waals surface area contributed by atoms with Crippen molar-refractivity contribution in [2.24, 2.45) is 0 Å². The van der Waals surface area contributed by atoms with Gasteiger partial charge in [0, 0.05) is 13.5 Å². The van der Waals surface area contributed by atoms with Crippen LogP contribution in [0, 0.1) is 0 Å². The van der Waals surface area contributed by atoms with Crippen molar-refractivity contribution in [1.82, 2.24) is 4.90 Å². The van der Waals surface area contributed by atoms with Crippen molar-refractivity contribution in [3.8, 4) is 0 Å². The number of methoxy groups -OCH3 is 1. The Morgan fingerprint density at radius 1 is 1.25 bits per heavy atom. The average molecular weight is 277 g/mol. The van der Waals surface area contributed by atoms with Crippen LogP contribution in [0.5, 0.6) is 0 Å². The fourth-order valence-electron chi connectivity index (χ4n) is 2.16. The highest BCUT2D eigenvalue weighted by Gasteiger charge is 2.16. The average Bonchev–Trinajstić information content (AvgIpc) is 2.45. The van der Waals surface area contributed by atoms with E-state index in [1.807, 2.05) is 12.1 Å². The molecule has 4 nitrogen and oxygen atoms in total. The smallest absolute Gasteiger partial charge is 0.415 e. The molecule has 20 heavy (non-hydrogen) atoms. The Labute approximate surface area is 120 Å². The summed E-state index contributed by atoms with van der Waals surface area (Å²) in [5.41, 5.74) is 2.59. The normalized spacial score (nSPS) is 10.4. The number of hydrogen-bond donors (Lipinski definition) is 0. The topological polar surface area (TPSA) is 46.6 Å². The van der Waals surface area contributed by atoms with Gasteiger partial charge in [0.25, 0.3) is 0 Å². The Balaban J connectivity index is 2.53. The minimum Gasteiger partial charge on any atom is -0.452 e. The molecule has 0 spiro atoms. The molecule has 0 aliphatic rings. The minimum absolute atomic E-state index is 0.209. The number of hydrogen-bond acceptors (Lipinski definition) is 3. The Bertz CT molecular complexity index is 469. The highest BCUT2D eigenvalue weighted by molar-refractivity contribution is 5.91. The van der Waals surface area contributed by atoms with Crippen LogP contribution in [0.4, 0.5) is 4.79 Å². The first-order chi connectivity index (χ1) is 9.47. The molecular weight excluding hydrogens is 254 g/mol. The second kappa shape index (κ2) is 7.68. The number of imide groups is 1. The number of aryl methyl sites for hydroxylation is 1. The van der Waals surface area contributed by atoms with Gasteiger partial charge in [0.15, 0.2) is 0 Å². The Morgan fingerprint density at radius 3 is 2.50 bits per heavy atom. The number of nitrogens with zero attached hydrogens (tertiary/aromatic N) is 1. The highest BCUT2D eigenvalue weighted by Crippen LogP contribution is 2.20. The second-order valence-electron chi connectivity index (χ2n) is 5.13. The first-order valence-corrected chi connectivity index (χ1v) is 6.89. The van der Waals surface area contributed by atoms with E-state index in [0.717, 1.165) is 17.7 Å². The lowest BCUT2D eigenvalue weighted by Gasteiger charge is -2.15. The number of benzene rings is 1. The highest BCUT2D eigenvalue weighted by atomic mass is 16.5. The summed E-state index contributed by atoms with van der Waals surface area (Å²) in [4.78, 5) is 24.0. The first kappa shape index (κ1) is 16.2. The van der Waals surface area contributed by atoms with Gasteiger partial charge in [-0.2, -0.15) is 0 Å². The van der Waals surface area contributed by atoms with Crippen molar-refractivity contribution in [3.63, 3.8) is 0 Å². The number of amides is 2. The zero-order valence-corrected chi connectivity index (χ0v) is 12.7. The lowest BCUT2D eigenvalue weighted by molar-refractivity contribution is -0.128. The quantitative estimate of drug-likeness (QED) is 0.829. The summed E-state index contributed by atoms with van der Waals surface area (Å²) in [7, 11) is 2.71. The Hall–Kier alpha value is -1.84. The molecule has 0 unspecified atom stereocenters. The van der Waals surface area contributed by atoms with Crippen molar-refractivity contribution in [2.75, 3.05) is 14.2 Å². The molecule has 110 valence electrons. The van der Waals surface area contributed by atoms with Gasteiger partial charge in [-0.25, -0.2) is 4.79 Å². The summed E-state index contributed by atoms with van der Waals surface area (Å²) >= 11 is 0. The zero-order valence-electron chi connectivity index (χ0n) is 12.7. The molecule has 1 rings (SSSR count). The maximum absolute atomic E-state index is 11.8. The van der Waals surface area contributed by atoms with E-state index >= 15 is 0 Å². The summed E-state index contributed by atoms with van der Waals surface area (Å²) in [5, 5.41) is 0. The van der Waals surface area contributed by atoms with Crippen LogP contribution in [0.3, 0.4) is 0 Å². The lowest BCUT2D eigenvalue weighted by Crippen LogP contribution is -2.32. The van der Waals surface area contributed by atoms with E-state index in [9.17, 15) is 9.59 Å².